The third kappa shape index (κ3) is 4.55. The molecule has 0 aliphatic rings. The van der Waals surface area contributed by atoms with E-state index in [0.717, 1.165) is 11.0 Å². The molecule has 0 amide bonds. The monoisotopic (exact) mass is 273 g/mol. The summed E-state index contributed by atoms with van der Waals surface area (Å²) in [6, 6.07) is 21.0. The maximum atomic E-state index is 2.24. The summed E-state index contributed by atoms with van der Waals surface area (Å²) in [6.07, 6.45) is 4.42. The van der Waals surface area contributed by atoms with E-state index in [1.165, 1.54) is 11.3 Å². The number of rotatable bonds is 4. The van der Waals surface area contributed by atoms with Crippen LogP contribution in [0.3, 0.4) is 0 Å². The van der Waals surface area contributed by atoms with Crippen LogP contribution >= 0.6 is 0 Å². The molecular weight excluding hydrogens is 254 g/mol. The molecule has 0 radical (unpaired) electrons. The van der Waals surface area contributed by atoms with Crippen LogP contribution in [0, 0.1) is 0 Å². The largest absolute Gasteiger partial charge is 1.00 e. The van der Waals surface area contributed by atoms with Crippen molar-refractivity contribution in [3.05, 3.63) is 72.3 Å². The van der Waals surface area contributed by atoms with Crippen LogP contribution in [-0.4, -0.2) is 20.6 Å². The van der Waals surface area contributed by atoms with Crippen LogP contribution in [-0.2, 0) is 0 Å². The molecule has 0 unspecified atom stereocenters. The van der Waals surface area contributed by atoms with E-state index in [2.05, 4.69) is 80.8 Å². The van der Waals surface area contributed by atoms with E-state index in [9.17, 15) is 0 Å². The Morgan fingerprint density at radius 1 is 0.842 bits per heavy atom. The Balaban J connectivity index is 0.00000180. The summed E-state index contributed by atoms with van der Waals surface area (Å²) in [6.45, 7) is 0.985. The lowest BCUT2D eigenvalue weighted by Crippen LogP contribution is -3.00. The number of likely N-dealkylation sites (N-methyl/N-ethyl adjacent to an activating group) is 1. The minimum absolute atomic E-state index is 0. The van der Waals surface area contributed by atoms with Crippen LogP contribution in [0.1, 0.15) is 5.56 Å². The molecule has 2 aromatic carbocycles. The molecule has 0 aromatic heterocycles. The van der Waals surface area contributed by atoms with Crippen LogP contribution < -0.4 is 16.9 Å². The molecule has 0 saturated heterocycles. The molecule has 19 heavy (non-hydrogen) atoms. The van der Waals surface area contributed by atoms with Gasteiger partial charge in [-0.3, -0.25) is 4.48 Å². The summed E-state index contributed by atoms with van der Waals surface area (Å²) in [5.74, 6) is 0. The molecular formula is C17H20ClN. The second kappa shape index (κ2) is 7.13. The Bertz CT molecular complexity index is 503. The minimum Gasteiger partial charge on any atom is -1.00 e. The molecule has 2 aromatic rings. The molecule has 1 nitrogen and oxygen atoms in total. The van der Waals surface area contributed by atoms with E-state index in [1.807, 2.05) is 6.07 Å². The first-order valence-corrected chi connectivity index (χ1v) is 6.29. The van der Waals surface area contributed by atoms with Gasteiger partial charge in [-0.15, -0.1) is 0 Å². The van der Waals surface area contributed by atoms with Gasteiger partial charge in [-0.2, -0.15) is 0 Å². The van der Waals surface area contributed by atoms with Gasteiger partial charge in [0.05, 0.1) is 14.1 Å². The quantitative estimate of drug-likeness (QED) is 0.729. The standard InChI is InChI=1S/C17H20N.ClH/c1-18(2,17-13-7-4-8-14-17)15-9-12-16-10-5-3-6-11-16;/h3-14H,15H2,1-2H3;1H/q+1;/p-1/b12-9+;. The fraction of sp³-hybridized carbons (Fsp3) is 0.176. The Labute approximate surface area is 122 Å². The first-order valence-electron chi connectivity index (χ1n) is 6.29. The molecule has 0 bridgehead atoms. The Morgan fingerprint density at radius 3 is 1.95 bits per heavy atom. The smallest absolute Gasteiger partial charge is 0.132 e. The van der Waals surface area contributed by atoms with Gasteiger partial charge in [-0.1, -0.05) is 54.6 Å². The number of hydrogen-bond acceptors (Lipinski definition) is 0. The van der Waals surface area contributed by atoms with Gasteiger partial charge in [0.15, 0.2) is 0 Å². The van der Waals surface area contributed by atoms with Crippen LogP contribution in [0.15, 0.2) is 66.7 Å². The van der Waals surface area contributed by atoms with Crippen molar-refractivity contribution in [2.24, 2.45) is 0 Å². The average molecular weight is 274 g/mol. The second-order valence-electron chi connectivity index (χ2n) is 5.02. The average Bonchev–Trinajstić information content (AvgIpc) is 2.41. The normalized spacial score (nSPS) is 11.3. The molecule has 100 valence electrons. The highest BCUT2D eigenvalue weighted by Crippen LogP contribution is 2.17. The van der Waals surface area contributed by atoms with Gasteiger partial charge in [0, 0.05) is 0 Å². The lowest BCUT2D eigenvalue weighted by molar-refractivity contribution is -0.00000375. The summed E-state index contributed by atoms with van der Waals surface area (Å²) >= 11 is 0. The lowest BCUT2D eigenvalue weighted by Gasteiger charge is -2.27. The van der Waals surface area contributed by atoms with Crippen molar-refractivity contribution in [1.82, 2.24) is 4.48 Å². The predicted octanol–water partition coefficient (Wildman–Crippen LogP) is 0.971. The molecule has 0 heterocycles. The highest BCUT2D eigenvalue weighted by atomic mass is 35.5. The topological polar surface area (TPSA) is 0 Å². The number of quaternary nitrogens is 1. The summed E-state index contributed by atoms with van der Waals surface area (Å²) in [4.78, 5) is 0. The van der Waals surface area contributed by atoms with Gasteiger partial charge >= 0.3 is 0 Å². The highest BCUT2D eigenvalue weighted by molar-refractivity contribution is 5.50. The third-order valence-electron chi connectivity index (χ3n) is 3.13. The van der Waals surface area contributed by atoms with Gasteiger partial charge in [-0.05, 0) is 23.8 Å². The number of para-hydroxylation sites is 1. The van der Waals surface area contributed by atoms with Gasteiger partial charge in [0.25, 0.3) is 0 Å². The van der Waals surface area contributed by atoms with E-state index in [4.69, 9.17) is 0 Å². The predicted molar refractivity (Wildman–Crippen MR) is 80.4 cm³/mol. The highest BCUT2D eigenvalue weighted by Gasteiger charge is 2.15. The van der Waals surface area contributed by atoms with Gasteiger partial charge in [-0.25, -0.2) is 0 Å². The van der Waals surface area contributed by atoms with Crippen LogP contribution in [0.5, 0.6) is 0 Å². The zero-order valence-corrected chi connectivity index (χ0v) is 12.2. The second-order valence-corrected chi connectivity index (χ2v) is 5.02. The fourth-order valence-electron chi connectivity index (χ4n) is 1.95. The van der Waals surface area contributed by atoms with Crippen LogP contribution in [0.2, 0.25) is 0 Å². The van der Waals surface area contributed by atoms with Crippen LogP contribution in [0.4, 0.5) is 5.69 Å². The number of hydrogen-bond donors (Lipinski definition) is 0. The molecule has 0 aliphatic carbocycles. The summed E-state index contributed by atoms with van der Waals surface area (Å²) in [5, 5.41) is 0. The fourth-order valence-corrected chi connectivity index (χ4v) is 1.95. The molecule has 0 fully saturated rings. The van der Waals surface area contributed by atoms with E-state index in [-0.39, 0.29) is 12.4 Å². The molecule has 0 spiro atoms. The Kier molecular flexibility index (Phi) is 5.81. The maximum Gasteiger partial charge on any atom is 0.132 e. The van der Waals surface area contributed by atoms with Crippen molar-refractivity contribution in [2.75, 3.05) is 20.6 Å². The third-order valence-corrected chi connectivity index (χ3v) is 3.13. The zero-order valence-electron chi connectivity index (χ0n) is 11.5. The van der Waals surface area contributed by atoms with Crippen molar-refractivity contribution in [1.29, 1.82) is 0 Å². The number of halogens is 1. The molecule has 0 atom stereocenters. The van der Waals surface area contributed by atoms with Crippen molar-refractivity contribution in [3.8, 4) is 0 Å². The van der Waals surface area contributed by atoms with Crippen molar-refractivity contribution in [3.63, 3.8) is 0 Å². The lowest BCUT2D eigenvalue weighted by atomic mass is 10.2. The summed E-state index contributed by atoms with van der Waals surface area (Å²) in [7, 11) is 4.45. The van der Waals surface area contributed by atoms with E-state index >= 15 is 0 Å². The molecule has 2 heteroatoms. The Morgan fingerprint density at radius 2 is 1.37 bits per heavy atom. The zero-order chi connectivity index (χ0) is 12.8. The molecule has 0 aliphatic heterocycles. The SMILES string of the molecule is C[N+](C)(C/C=C/c1ccccc1)c1ccccc1.[Cl-]. The van der Waals surface area contributed by atoms with Crippen LogP contribution in [0.25, 0.3) is 6.08 Å². The molecule has 0 N–H and O–H groups in total. The van der Waals surface area contributed by atoms with Gasteiger partial charge < -0.3 is 12.4 Å². The maximum absolute atomic E-state index is 2.24. The first-order chi connectivity index (χ1) is 8.68. The molecule has 2 rings (SSSR count). The van der Waals surface area contributed by atoms with E-state index in [0.29, 0.717) is 0 Å². The Hall–Kier alpha value is -1.57. The van der Waals surface area contributed by atoms with Gasteiger partial charge in [0.2, 0.25) is 0 Å². The summed E-state index contributed by atoms with van der Waals surface area (Å²) in [5.41, 5.74) is 2.58. The van der Waals surface area contributed by atoms with E-state index < -0.39 is 0 Å². The van der Waals surface area contributed by atoms with Crippen molar-refractivity contribution in [2.45, 2.75) is 0 Å². The van der Waals surface area contributed by atoms with Crippen molar-refractivity contribution < 1.29 is 12.4 Å². The molecule has 0 saturated carbocycles. The van der Waals surface area contributed by atoms with Crippen molar-refractivity contribution >= 4 is 11.8 Å². The summed E-state index contributed by atoms with van der Waals surface area (Å²) < 4.78 is 0.865. The number of benzene rings is 2. The first kappa shape index (κ1) is 15.5. The van der Waals surface area contributed by atoms with Gasteiger partial charge in [0.1, 0.15) is 12.2 Å². The van der Waals surface area contributed by atoms with E-state index in [1.54, 1.807) is 0 Å². The number of nitrogens with zero attached hydrogens (tertiary/aromatic N) is 1. The minimum atomic E-state index is 0.